The molecular weight excluding hydrogens is 320 g/mol. The highest BCUT2D eigenvalue weighted by molar-refractivity contribution is 5.95. The Morgan fingerprint density at radius 2 is 1.64 bits per heavy atom. The average Bonchev–Trinajstić information content (AvgIpc) is 2.67. The molecule has 1 amide bonds. The van der Waals surface area contributed by atoms with Crippen molar-refractivity contribution < 1.29 is 19.0 Å². The Labute approximate surface area is 150 Å². The smallest absolute Gasteiger partial charge is 0.251 e. The predicted molar refractivity (Wildman–Crippen MR) is 98.0 cm³/mol. The van der Waals surface area contributed by atoms with Crippen molar-refractivity contribution >= 4 is 5.91 Å². The number of unbranched alkanes of at least 4 members (excludes halogenated alkanes) is 1. The fourth-order valence-corrected chi connectivity index (χ4v) is 3.16. The van der Waals surface area contributed by atoms with Crippen LogP contribution in [0, 0.1) is 0 Å². The van der Waals surface area contributed by atoms with E-state index in [0.717, 1.165) is 19.4 Å². The number of ether oxygens (including phenoxy) is 3. The van der Waals surface area contributed by atoms with Crippen LogP contribution >= 0.6 is 0 Å². The molecule has 1 aliphatic rings. The molecule has 0 unspecified atom stereocenters. The molecule has 1 aliphatic heterocycles. The number of carbonyl (C=O) groups excluding carboxylic acids is 1. The van der Waals surface area contributed by atoms with Crippen molar-refractivity contribution in [3.63, 3.8) is 0 Å². The molecule has 2 rings (SSSR count). The van der Waals surface area contributed by atoms with Crippen molar-refractivity contribution in [1.29, 1.82) is 0 Å². The molecule has 0 aliphatic carbocycles. The summed E-state index contributed by atoms with van der Waals surface area (Å²) in [5.74, 6) is 1.33. The molecule has 0 aromatic heterocycles. The first-order chi connectivity index (χ1) is 12.2. The number of nitrogens with zero attached hydrogens (tertiary/aromatic N) is 1. The van der Waals surface area contributed by atoms with Crippen LogP contribution in [-0.2, 0) is 0 Å². The molecule has 1 aromatic rings. The SMILES string of the molecule is COc1cc(C(=O)NCCCCN2CCCCC2)cc(OC)c1OC. The van der Waals surface area contributed by atoms with E-state index in [2.05, 4.69) is 10.2 Å². The monoisotopic (exact) mass is 350 g/mol. The predicted octanol–water partition coefficient (Wildman–Crippen LogP) is 2.71. The number of hydrogen-bond donors (Lipinski definition) is 1. The van der Waals surface area contributed by atoms with E-state index in [-0.39, 0.29) is 5.91 Å². The van der Waals surface area contributed by atoms with Gasteiger partial charge in [-0.05, 0) is 57.5 Å². The lowest BCUT2D eigenvalue weighted by atomic mass is 10.1. The van der Waals surface area contributed by atoms with Crippen LogP contribution in [0.2, 0.25) is 0 Å². The van der Waals surface area contributed by atoms with Gasteiger partial charge in [-0.2, -0.15) is 0 Å². The maximum absolute atomic E-state index is 12.4. The zero-order valence-electron chi connectivity index (χ0n) is 15.6. The normalized spacial score (nSPS) is 14.8. The topological polar surface area (TPSA) is 60.0 Å². The van der Waals surface area contributed by atoms with Crippen LogP contribution < -0.4 is 19.5 Å². The van der Waals surface area contributed by atoms with Gasteiger partial charge in [0.05, 0.1) is 21.3 Å². The largest absolute Gasteiger partial charge is 0.493 e. The third kappa shape index (κ3) is 5.53. The van der Waals surface area contributed by atoms with E-state index in [0.29, 0.717) is 29.4 Å². The molecule has 140 valence electrons. The fraction of sp³-hybridized carbons (Fsp3) is 0.632. The lowest BCUT2D eigenvalue weighted by molar-refractivity contribution is 0.0951. The lowest BCUT2D eigenvalue weighted by Gasteiger charge is -2.26. The highest BCUT2D eigenvalue weighted by Crippen LogP contribution is 2.38. The minimum atomic E-state index is -0.128. The highest BCUT2D eigenvalue weighted by atomic mass is 16.5. The molecule has 1 N–H and O–H groups in total. The van der Waals surface area contributed by atoms with Gasteiger partial charge in [0.1, 0.15) is 0 Å². The number of likely N-dealkylation sites (tertiary alicyclic amines) is 1. The molecular formula is C19H30N2O4. The first-order valence-corrected chi connectivity index (χ1v) is 9.00. The minimum absolute atomic E-state index is 0.128. The molecule has 0 radical (unpaired) electrons. The maximum atomic E-state index is 12.4. The van der Waals surface area contributed by atoms with Crippen molar-refractivity contribution in [3.05, 3.63) is 17.7 Å². The molecule has 1 fully saturated rings. The number of benzene rings is 1. The van der Waals surface area contributed by atoms with Crippen LogP contribution in [0.15, 0.2) is 12.1 Å². The van der Waals surface area contributed by atoms with E-state index >= 15 is 0 Å². The number of amides is 1. The molecule has 1 aromatic carbocycles. The number of hydrogen-bond acceptors (Lipinski definition) is 5. The van der Waals surface area contributed by atoms with Crippen molar-refractivity contribution in [2.45, 2.75) is 32.1 Å². The van der Waals surface area contributed by atoms with Crippen LogP contribution in [0.5, 0.6) is 17.2 Å². The summed E-state index contributed by atoms with van der Waals surface area (Å²) >= 11 is 0. The van der Waals surface area contributed by atoms with Crippen LogP contribution in [-0.4, -0.2) is 58.3 Å². The lowest BCUT2D eigenvalue weighted by Crippen LogP contribution is -2.31. The zero-order chi connectivity index (χ0) is 18.1. The van der Waals surface area contributed by atoms with E-state index in [1.165, 1.54) is 32.4 Å². The summed E-state index contributed by atoms with van der Waals surface area (Å²) in [7, 11) is 4.63. The van der Waals surface area contributed by atoms with Gasteiger partial charge in [-0.25, -0.2) is 0 Å². The Morgan fingerprint density at radius 1 is 1.00 bits per heavy atom. The number of rotatable bonds is 9. The highest BCUT2D eigenvalue weighted by Gasteiger charge is 2.16. The molecule has 0 spiro atoms. The first kappa shape index (κ1) is 19.4. The second kappa shape index (κ2) is 10.1. The van der Waals surface area contributed by atoms with Gasteiger partial charge >= 0.3 is 0 Å². The van der Waals surface area contributed by atoms with Crippen molar-refractivity contribution in [2.75, 3.05) is 47.5 Å². The van der Waals surface area contributed by atoms with Crippen molar-refractivity contribution in [2.24, 2.45) is 0 Å². The van der Waals surface area contributed by atoms with Gasteiger partial charge in [-0.15, -0.1) is 0 Å². The van der Waals surface area contributed by atoms with Gasteiger partial charge in [0.2, 0.25) is 5.75 Å². The quantitative estimate of drug-likeness (QED) is 0.694. The van der Waals surface area contributed by atoms with Gasteiger partial charge < -0.3 is 24.4 Å². The summed E-state index contributed by atoms with van der Waals surface area (Å²) < 4.78 is 15.9. The van der Waals surface area contributed by atoms with Crippen molar-refractivity contribution in [3.8, 4) is 17.2 Å². The van der Waals surface area contributed by atoms with Gasteiger partial charge in [0, 0.05) is 12.1 Å². The summed E-state index contributed by atoms with van der Waals surface area (Å²) in [6, 6.07) is 3.34. The Balaban J connectivity index is 1.81. The van der Waals surface area contributed by atoms with E-state index in [1.807, 2.05) is 0 Å². The Hall–Kier alpha value is -1.95. The first-order valence-electron chi connectivity index (χ1n) is 9.00. The van der Waals surface area contributed by atoms with E-state index in [1.54, 1.807) is 33.5 Å². The standard InChI is InChI=1S/C19H30N2O4/c1-23-16-13-15(14-17(24-2)18(16)25-3)19(22)20-9-5-8-12-21-10-6-4-7-11-21/h13-14H,4-12H2,1-3H3,(H,20,22). The molecule has 6 nitrogen and oxygen atoms in total. The van der Waals surface area contributed by atoms with Gasteiger partial charge in [-0.1, -0.05) is 6.42 Å². The van der Waals surface area contributed by atoms with Crippen LogP contribution in [0.3, 0.4) is 0 Å². The third-order valence-corrected chi connectivity index (χ3v) is 4.56. The second-order valence-corrected chi connectivity index (χ2v) is 6.28. The summed E-state index contributed by atoms with van der Waals surface area (Å²) in [6.07, 6.45) is 6.08. The Kier molecular flexibility index (Phi) is 7.85. The summed E-state index contributed by atoms with van der Waals surface area (Å²) in [5, 5.41) is 2.97. The number of carbonyl (C=O) groups is 1. The van der Waals surface area contributed by atoms with Gasteiger partial charge in [0.25, 0.3) is 5.91 Å². The molecule has 25 heavy (non-hydrogen) atoms. The summed E-state index contributed by atoms with van der Waals surface area (Å²) in [6.45, 7) is 4.24. The molecule has 0 atom stereocenters. The minimum Gasteiger partial charge on any atom is -0.493 e. The molecule has 1 heterocycles. The molecule has 6 heteroatoms. The van der Waals surface area contributed by atoms with Crippen LogP contribution in [0.4, 0.5) is 0 Å². The average molecular weight is 350 g/mol. The second-order valence-electron chi connectivity index (χ2n) is 6.28. The van der Waals surface area contributed by atoms with E-state index in [4.69, 9.17) is 14.2 Å². The fourth-order valence-electron chi connectivity index (χ4n) is 3.16. The zero-order valence-corrected chi connectivity index (χ0v) is 15.6. The Morgan fingerprint density at radius 3 is 2.20 bits per heavy atom. The van der Waals surface area contributed by atoms with Gasteiger partial charge in [0.15, 0.2) is 11.5 Å². The Bertz CT molecular complexity index is 531. The number of methoxy groups -OCH3 is 3. The van der Waals surface area contributed by atoms with Crippen LogP contribution in [0.25, 0.3) is 0 Å². The summed E-state index contributed by atoms with van der Waals surface area (Å²) in [4.78, 5) is 14.9. The molecule has 0 bridgehead atoms. The van der Waals surface area contributed by atoms with Gasteiger partial charge in [-0.3, -0.25) is 4.79 Å². The van der Waals surface area contributed by atoms with Crippen LogP contribution in [0.1, 0.15) is 42.5 Å². The number of piperidine rings is 1. The summed E-state index contributed by atoms with van der Waals surface area (Å²) in [5.41, 5.74) is 0.505. The maximum Gasteiger partial charge on any atom is 0.251 e. The molecule has 1 saturated heterocycles. The van der Waals surface area contributed by atoms with E-state index < -0.39 is 0 Å². The number of nitrogens with one attached hydrogen (secondary N) is 1. The van der Waals surface area contributed by atoms with Crippen molar-refractivity contribution in [1.82, 2.24) is 10.2 Å². The van der Waals surface area contributed by atoms with E-state index in [9.17, 15) is 4.79 Å². The molecule has 0 saturated carbocycles. The third-order valence-electron chi connectivity index (χ3n) is 4.56.